The molecule has 2 aromatic carbocycles. The first-order valence-corrected chi connectivity index (χ1v) is 9.79. The molecule has 0 aliphatic heterocycles. The number of aromatic nitrogens is 2. The van der Waals surface area contributed by atoms with Crippen molar-refractivity contribution in [1.29, 1.82) is 0 Å². The molecule has 0 aliphatic carbocycles. The second kappa shape index (κ2) is 7.42. The minimum atomic E-state index is 0.721. The Morgan fingerprint density at radius 2 is 1.63 bits per heavy atom. The van der Waals surface area contributed by atoms with Gasteiger partial charge in [-0.25, -0.2) is 9.97 Å². The topological polar surface area (TPSA) is 65.5 Å². The van der Waals surface area contributed by atoms with Crippen molar-refractivity contribution in [3.8, 4) is 28.5 Å². The Labute approximate surface area is 164 Å². The molecule has 0 aliphatic rings. The van der Waals surface area contributed by atoms with E-state index in [0.29, 0.717) is 0 Å². The molecule has 1 N–H and O–H groups in total. The van der Waals surface area contributed by atoms with Crippen LogP contribution in [0.15, 0.2) is 41.8 Å². The summed E-state index contributed by atoms with van der Waals surface area (Å²) in [5.74, 6) is 2.26. The Morgan fingerprint density at radius 1 is 0.852 bits per heavy atom. The number of hydrogen-bond donors (Lipinski definition) is 1. The Morgan fingerprint density at radius 3 is 2.41 bits per heavy atom. The Kier molecular flexibility index (Phi) is 4.83. The highest BCUT2D eigenvalue weighted by Crippen LogP contribution is 2.36. The van der Waals surface area contributed by atoms with Gasteiger partial charge < -0.3 is 19.5 Å². The van der Waals surface area contributed by atoms with E-state index in [1.807, 2.05) is 41.8 Å². The molecule has 0 amide bonds. The van der Waals surface area contributed by atoms with Gasteiger partial charge in [-0.2, -0.15) is 0 Å². The lowest BCUT2D eigenvalue weighted by Crippen LogP contribution is -1.91. The van der Waals surface area contributed by atoms with Crippen LogP contribution in [0.5, 0.6) is 17.2 Å². The van der Waals surface area contributed by atoms with Crippen LogP contribution in [0.25, 0.3) is 21.5 Å². The van der Waals surface area contributed by atoms with E-state index in [0.717, 1.165) is 49.0 Å². The molecule has 8 heteroatoms. The predicted octanol–water partition coefficient (Wildman–Crippen LogP) is 5.19. The number of nitrogens with zero attached hydrogens (tertiary/aromatic N) is 2. The number of nitrogens with one attached hydrogen (secondary N) is 1. The molecule has 0 atom stereocenters. The van der Waals surface area contributed by atoms with Crippen molar-refractivity contribution in [1.82, 2.24) is 9.97 Å². The lowest BCUT2D eigenvalue weighted by atomic mass is 10.1. The summed E-state index contributed by atoms with van der Waals surface area (Å²) >= 11 is 3.10. The van der Waals surface area contributed by atoms with E-state index in [9.17, 15) is 0 Å². The monoisotopic (exact) mass is 399 g/mol. The predicted molar refractivity (Wildman–Crippen MR) is 110 cm³/mol. The lowest BCUT2D eigenvalue weighted by molar-refractivity contribution is 0.395. The number of thiazole rings is 2. The molecule has 4 aromatic rings. The van der Waals surface area contributed by atoms with E-state index in [2.05, 4.69) is 15.3 Å². The van der Waals surface area contributed by atoms with E-state index in [-0.39, 0.29) is 0 Å². The highest BCUT2D eigenvalue weighted by Gasteiger charge is 2.13. The van der Waals surface area contributed by atoms with Crippen molar-refractivity contribution in [2.45, 2.75) is 0 Å². The van der Waals surface area contributed by atoms with E-state index in [1.54, 1.807) is 32.7 Å². The highest BCUT2D eigenvalue weighted by molar-refractivity contribution is 7.22. The summed E-state index contributed by atoms with van der Waals surface area (Å²) in [6, 6.07) is 11.6. The van der Waals surface area contributed by atoms with Gasteiger partial charge >= 0.3 is 0 Å². The first-order valence-electron chi connectivity index (χ1n) is 8.09. The standard InChI is InChI=1S/C19H17N3O3S2/c1-23-11-5-7-17-14(8-11)20-19(27-17)22-18-21-15(10-26-18)13-6-4-12(24-2)9-16(13)25-3/h4-10H,1-3H3,(H,20,21,22). The normalized spacial score (nSPS) is 10.8. The summed E-state index contributed by atoms with van der Waals surface area (Å²) in [5.41, 5.74) is 2.65. The molecule has 0 spiro atoms. The van der Waals surface area contributed by atoms with Crippen molar-refractivity contribution < 1.29 is 14.2 Å². The third kappa shape index (κ3) is 3.54. The smallest absolute Gasteiger partial charge is 0.190 e. The zero-order valence-electron chi connectivity index (χ0n) is 15.0. The SMILES string of the molecule is COc1ccc(-c2csc(Nc3nc4cc(OC)ccc4s3)n2)c(OC)c1. The molecule has 27 heavy (non-hydrogen) atoms. The van der Waals surface area contributed by atoms with Gasteiger partial charge in [0, 0.05) is 23.1 Å². The third-order valence-electron chi connectivity index (χ3n) is 4.00. The first kappa shape index (κ1) is 17.6. The van der Waals surface area contributed by atoms with Crippen LogP contribution in [0.2, 0.25) is 0 Å². The number of benzene rings is 2. The van der Waals surface area contributed by atoms with Gasteiger partial charge in [0.25, 0.3) is 0 Å². The number of anilines is 2. The Hall–Kier alpha value is -2.84. The third-order valence-corrected chi connectivity index (χ3v) is 5.71. The van der Waals surface area contributed by atoms with Crippen molar-refractivity contribution in [3.05, 3.63) is 41.8 Å². The molecular formula is C19H17N3O3S2. The molecular weight excluding hydrogens is 382 g/mol. The van der Waals surface area contributed by atoms with Crippen LogP contribution in [0.4, 0.5) is 10.3 Å². The minimum Gasteiger partial charge on any atom is -0.497 e. The number of methoxy groups -OCH3 is 3. The zero-order chi connectivity index (χ0) is 18.8. The van der Waals surface area contributed by atoms with Gasteiger partial charge in [-0.05, 0) is 24.3 Å². The van der Waals surface area contributed by atoms with E-state index in [4.69, 9.17) is 14.2 Å². The van der Waals surface area contributed by atoms with E-state index >= 15 is 0 Å². The van der Waals surface area contributed by atoms with Crippen LogP contribution in [0.1, 0.15) is 0 Å². The fourth-order valence-corrected chi connectivity index (χ4v) is 4.26. The minimum absolute atomic E-state index is 0.721. The average Bonchev–Trinajstić information content (AvgIpc) is 3.33. The zero-order valence-corrected chi connectivity index (χ0v) is 16.6. The molecule has 4 rings (SSSR count). The fraction of sp³-hybridized carbons (Fsp3) is 0.158. The summed E-state index contributed by atoms with van der Waals surface area (Å²) in [6.07, 6.45) is 0. The lowest BCUT2D eigenvalue weighted by Gasteiger charge is -2.08. The van der Waals surface area contributed by atoms with Crippen LogP contribution >= 0.6 is 22.7 Å². The molecule has 2 aromatic heterocycles. The Bertz CT molecular complexity index is 1090. The summed E-state index contributed by atoms with van der Waals surface area (Å²) in [7, 11) is 4.92. The van der Waals surface area contributed by atoms with Crippen LogP contribution in [-0.4, -0.2) is 31.3 Å². The molecule has 0 radical (unpaired) electrons. The second-order valence-electron chi connectivity index (χ2n) is 5.58. The largest absolute Gasteiger partial charge is 0.497 e. The summed E-state index contributed by atoms with van der Waals surface area (Å²) in [4.78, 5) is 9.28. The van der Waals surface area contributed by atoms with Gasteiger partial charge in [0.2, 0.25) is 0 Å². The summed E-state index contributed by atoms with van der Waals surface area (Å²) < 4.78 is 17.1. The van der Waals surface area contributed by atoms with Crippen molar-refractivity contribution in [2.24, 2.45) is 0 Å². The maximum absolute atomic E-state index is 5.47. The number of hydrogen-bond acceptors (Lipinski definition) is 8. The molecule has 2 heterocycles. The molecule has 0 bridgehead atoms. The Balaban J connectivity index is 1.60. The number of ether oxygens (including phenoxy) is 3. The first-order chi connectivity index (χ1) is 13.2. The highest BCUT2D eigenvalue weighted by atomic mass is 32.1. The molecule has 0 unspecified atom stereocenters. The maximum Gasteiger partial charge on any atom is 0.190 e. The molecule has 0 saturated carbocycles. The summed E-state index contributed by atoms with van der Waals surface area (Å²) in [6.45, 7) is 0. The van der Waals surface area contributed by atoms with Gasteiger partial charge in [-0.15, -0.1) is 11.3 Å². The van der Waals surface area contributed by atoms with Crippen molar-refractivity contribution in [2.75, 3.05) is 26.6 Å². The molecule has 0 saturated heterocycles. The van der Waals surface area contributed by atoms with Gasteiger partial charge in [-0.3, -0.25) is 0 Å². The van der Waals surface area contributed by atoms with Crippen molar-refractivity contribution in [3.63, 3.8) is 0 Å². The fourth-order valence-electron chi connectivity index (χ4n) is 2.64. The molecule has 138 valence electrons. The van der Waals surface area contributed by atoms with Gasteiger partial charge in [0.05, 0.1) is 37.2 Å². The van der Waals surface area contributed by atoms with Crippen LogP contribution < -0.4 is 19.5 Å². The molecule has 6 nitrogen and oxygen atoms in total. The second-order valence-corrected chi connectivity index (χ2v) is 7.47. The average molecular weight is 399 g/mol. The van der Waals surface area contributed by atoms with Gasteiger partial charge in [0.15, 0.2) is 10.3 Å². The van der Waals surface area contributed by atoms with Gasteiger partial charge in [-0.1, -0.05) is 11.3 Å². The maximum atomic E-state index is 5.47. The molecule has 0 fully saturated rings. The van der Waals surface area contributed by atoms with Crippen molar-refractivity contribution >= 4 is 43.2 Å². The van der Waals surface area contributed by atoms with Crippen LogP contribution in [0.3, 0.4) is 0 Å². The van der Waals surface area contributed by atoms with E-state index in [1.165, 1.54) is 11.3 Å². The van der Waals surface area contributed by atoms with E-state index < -0.39 is 0 Å². The van der Waals surface area contributed by atoms with Crippen LogP contribution in [0, 0.1) is 0 Å². The van der Waals surface area contributed by atoms with Gasteiger partial charge in [0.1, 0.15) is 17.2 Å². The number of rotatable bonds is 6. The quantitative estimate of drug-likeness (QED) is 0.481. The van der Waals surface area contributed by atoms with Crippen LogP contribution in [-0.2, 0) is 0 Å². The number of fused-ring (bicyclic) bond motifs is 1. The summed E-state index contributed by atoms with van der Waals surface area (Å²) in [5, 5.41) is 6.84.